The number of benzene rings is 3. The molecule has 0 radical (unpaired) electrons. The second kappa shape index (κ2) is 12.9. The molecule has 1 unspecified atom stereocenters. The molecule has 0 spiro atoms. The summed E-state index contributed by atoms with van der Waals surface area (Å²) in [6.45, 7) is 9.11. The molecule has 9 heteroatoms. The van der Waals surface area contributed by atoms with Crippen LogP contribution >= 0.6 is 0 Å². The van der Waals surface area contributed by atoms with Crippen molar-refractivity contribution in [2.45, 2.75) is 52.1 Å². The summed E-state index contributed by atoms with van der Waals surface area (Å²) in [4.78, 5) is 28.3. The van der Waals surface area contributed by atoms with Crippen LogP contribution in [0.4, 0.5) is 10.1 Å². The topological polar surface area (TPSA) is 86.8 Å². The zero-order valence-electron chi connectivity index (χ0n) is 23.0. The van der Waals surface area contributed by atoms with Crippen molar-refractivity contribution in [2.75, 3.05) is 17.4 Å². The first-order valence-electron chi connectivity index (χ1n) is 12.9. The summed E-state index contributed by atoms with van der Waals surface area (Å²) in [6.07, 6.45) is 0. The van der Waals surface area contributed by atoms with Crippen LogP contribution in [0, 0.1) is 25.6 Å². The lowest BCUT2D eigenvalue weighted by atomic mass is 10.1. The number of carbonyl (C=O) groups excluding carboxylic acids is 2. The average molecular weight is 554 g/mol. The number of amides is 2. The number of anilines is 1. The van der Waals surface area contributed by atoms with E-state index in [1.807, 2.05) is 26.8 Å². The number of carbonyl (C=O) groups is 2. The Balaban J connectivity index is 2.04. The first-order valence-corrected chi connectivity index (χ1v) is 14.3. The van der Waals surface area contributed by atoms with Gasteiger partial charge in [-0.3, -0.25) is 13.9 Å². The van der Waals surface area contributed by atoms with Gasteiger partial charge in [0.15, 0.2) is 0 Å². The summed E-state index contributed by atoms with van der Waals surface area (Å²) < 4.78 is 42.4. The van der Waals surface area contributed by atoms with Crippen LogP contribution in [-0.2, 0) is 26.2 Å². The maximum atomic E-state index is 13.9. The van der Waals surface area contributed by atoms with Gasteiger partial charge >= 0.3 is 0 Å². The van der Waals surface area contributed by atoms with Gasteiger partial charge in [-0.05, 0) is 73.7 Å². The van der Waals surface area contributed by atoms with Crippen molar-refractivity contribution in [2.24, 2.45) is 5.92 Å². The third kappa shape index (κ3) is 7.44. The van der Waals surface area contributed by atoms with E-state index in [2.05, 4.69) is 5.32 Å². The molecule has 3 rings (SSSR count). The number of hydrogen-bond donors (Lipinski definition) is 1. The molecule has 0 saturated heterocycles. The summed E-state index contributed by atoms with van der Waals surface area (Å²) >= 11 is 0. The van der Waals surface area contributed by atoms with E-state index in [-0.39, 0.29) is 23.3 Å². The van der Waals surface area contributed by atoms with Crippen molar-refractivity contribution in [3.05, 3.63) is 95.3 Å². The summed E-state index contributed by atoms with van der Waals surface area (Å²) in [5, 5.41) is 2.85. The standard InChI is InChI=1S/C30H36FN3O4S/c1-21(2)18-32-30(36)24(5)33(19-25-14-16-26(31)17-15-25)29(35)20-34(28-13-9-10-22(3)23(28)4)39(37,38)27-11-7-6-8-12-27/h6-17,21,24H,18-20H2,1-5H3,(H,32,36). The zero-order valence-corrected chi connectivity index (χ0v) is 23.8. The summed E-state index contributed by atoms with van der Waals surface area (Å²) in [7, 11) is -4.13. The number of nitrogens with zero attached hydrogens (tertiary/aromatic N) is 2. The van der Waals surface area contributed by atoms with Crippen molar-refractivity contribution in [1.29, 1.82) is 0 Å². The summed E-state index contributed by atoms with van der Waals surface area (Å²) in [5.74, 6) is -1.14. The van der Waals surface area contributed by atoms with Crippen LogP contribution in [0.25, 0.3) is 0 Å². The van der Waals surface area contributed by atoms with Crippen molar-refractivity contribution in [3.8, 4) is 0 Å². The van der Waals surface area contributed by atoms with Gasteiger partial charge in [0, 0.05) is 13.1 Å². The van der Waals surface area contributed by atoms with Crippen molar-refractivity contribution < 1.29 is 22.4 Å². The van der Waals surface area contributed by atoms with Gasteiger partial charge in [0.2, 0.25) is 11.8 Å². The second-order valence-electron chi connectivity index (χ2n) is 10.0. The molecule has 0 fully saturated rings. The predicted molar refractivity (Wildman–Crippen MR) is 151 cm³/mol. The lowest BCUT2D eigenvalue weighted by Crippen LogP contribution is -2.51. The Morgan fingerprint density at radius 1 is 0.897 bits per heavy atom. The Morgan fingerprint density at radius 2 is 1.54 bits per heavy atom. The zero-order chi connectivity index (χ0) is 28.7. The maximum Gasteiger partial charge on any atom is 0.264 e. The van der Waals surface area contributed by atoms with E-state index in [1.165, 1.54) is 41.3 Å². The van der Waals surface area contributed by atoms with Gasteiger partial charge in [0.25, 0.3) is 10.0 Å². The Bertz CT molecular complexity index is 1390. The highest BCUT2D eigenvalue weighted by Gasteiger charge is 2.33. The fraction of sp³-hybridized carbons (Fsp3) is 0.333. The highest BCUT2D eigenvalue weighted by Crippen LogP contribution is 2.29. The minimum absolute atomic E-state index is 0.00139. The molecule has 3 aromatic rings. The van der Waals surface area contributed by atoms with Gasteiger partial charge in [-0.1, -0.05) is 56.3 Å². The molecule has 39 heavy (non-hydrogen) atoms. The number of rotatable bonds is 11. The Morgan fingerprint density at radius 3 is 2.15 bits per heavy atom. The van der Waals surface area contributed by atoms with Crippen LogP contribution in [0.1, 0.15) is 37.5 Å². The molecule has 0 saturated carbocycles. The number of halogens is 1. The predicted octanol–water partition coefficient (Wildman–Crippen LogP) is 4.83. The van der Waals surface area contributed by atoms with Crippen molar-refractivity contribution >= 4 is 27.5 Å². The van der Waals surface area contributed by atoms with E-state index in [1.54, 1.807) is 44.2 Å². The van der Waals surface area contributed by atoms with Crippen LogP contribution < -0.4 is 9.62 Å². The molecule has 7 nitrogen and oxygen atoms in total. The smallest absolute Gasteiger partial charge is 0.264 e. The molecule has 208 valence electrons. The van der Waals surface area contributed by atoms with Gasteiger partial charge in [0.05, 0.1) is 10.6 Å². The van der Waals surface area contributed by atoms with Gasteiger partial charge in [0.1, 0.15) is 18.4 Å². The molecule has 1 N–H and O–H groups in total. The fourth-order valence-corrected chi connectivity index (χ4v) is 5.55. The third-order valence-corrected chi connectivity index (χ3v) is 8.35. The molecule has 0 aliphatic heterocycles. The first-order chi connectivity index (χ1) is 18.4. The highest BCUT2D eigenvalue weighted by atomic mass is 32.2. The monoisotopic (exact) mass is 553 g/mol. The van der Waals surface area contributed by atoms with E-state index < -0.39 is 34.3 Å². The minimum Gasteiger partial charge on any atom is -0.354 e. The van der Waals surface area contributed by atoms with Gasteiger partial charge in [-0.25, -0.2) is 12.8 Å². The molecule has 0 aromatic heterocycles. The second-order valence-corrected chi connectivity index (χ2v) is 11.9. The number of hydrogen-bond acceptors (Lipinski definition) is 4. The molecule has 1 atom stereocenters. The molecular formula is C30H36FN3O4S. The third-order valence-electron chi connectivity index (χ3n) is 6.57. The van der Waals surface area contributed by atoms with E-state index >= 15 is 0 Å². The van der Waals surface area contributed by atoms with Crippen LogP contribution in [0.5, 0.6) is 0 Å². The summed E-state index contributed by atoms with van der Waals surface area (Å²) in [5.41, 5.74) is 2.58. The molecule has 0 heterocycles. The highest BCUT2D eigenvalue weighted by molar-refractivity contribution is 7.92. The van der Waals surface area contributed by atoms with Gasteiger partial charge < -0.3 is 10.2 Å². The molecule has 0 aliphatic carbocycles. The van der Waals surface area contributed by atoms with Crippen molar-refractivity contribution in [1.82, 2.24) is 10.2 Å². The Hall–Kier alpha value is -3.72. The first kappa shape index (κ1) is 29.8. The molecular weight excluding hydrogens is 517 g/mol. The fourth-order valence-electron chi connectivity index (χ4n) is 4.06. The Labute approximate surface area is 230 Å². The molecule has 0 aliphatic rings. The minimum atomic E-state index is -4.13. The Kier molecular flexibility index (Phi) is 9.86. The quantitative estimate of drug-likeness (QED) is 0.369. The normalized spacial score (nSPS) is 12.2. The van der Waals surface area contributed by atoms with Crippen LogP contribution in [0.2, 0.25) is 0 Å². The summed E-state index contributed by atoms with van der Waals surface area (Å²) in [6, 6.07) is 17.9. The van der Waals surface area contributed by atoms with Crippen LogP contribution in [-0.4, -0.2) is 44.3 Å². The molecule has 2 amide bonds. The molecule has 3 aromatic carbocycles. The van der Waals surface area contributed by atoms with Crippen LogP contribution in [0.3, 0.4) is 0 Å². The van der Waals surface area contributed by atoms with E-state index in [4.69, 9.17) is 0 Å². The lowest BCUT2D eigenvalue weighted by Gasteiger charge is -2.32. The maximum absolute atomic E-state index is 13.9. The molecule has 0 bridgehead atoms. The van der Waals surface area contributed by atoms with Crippen molar-refractivity contribution in [3.63, 3.8) is 0 Å². The van der Waals surface area contributed by atoms with Gasteiger partial charge in [-0.15, -0.1) is 0 Å². The van der Waals surface area contributed by atoms with Crippen LogP contribution in [0.15, 0.2) is 77.7 Å². The van der Waals surface area contributed by atoms with E-state index in [0.29, 0.717) is 17.8 Å². The number of nitrogens with one attached hydrogen (secondary N) is 1. The SMILES string of the molecule is Cc1cccc(N(CC(=O)N(Cc2ccc(F)cc2)C(C)C(=O)NCC(C)C)S(=O)(=O)c2ccccc2)c1C. The van der Waals surface area contributed by atoms with E-state index in [0.717, 1.165) is 15.4 Å². The number of sulfonamides is 1. The number of aryl methyl sites for hydroxylation is 1. The average Bonchev–Trinajstić information content (AvgIpc) is 2.91. The largest absolute Gasteiger partial charge is 0.354 e. The lowest BCUT2D eigenvalue weighted by molar-refractivity contribution is -0.139. The van der Waals surface area contributed by atoms with E-state index in [9.17, 15) is 22.4 Å². The van der Waals surface area contributed by atoms with Gasteiger partial charge in [-0.2, -0.15) is 0 Å².